The molecule has 0 saturated heterocycles. The van der Waals surface area contributed by atoms with Crippen LogP contribution < -0.4 is 0 Å². The Bertz CT molecular complexity index is 189. The summed E-state index contributed by atoms with van der Waals surface area (Å²) in [4.78, 5) is 11.5. The van der Waals surface area contributed by atoms with Crippen LogP contribution in [0.15, 0.2) is 31.0 Å². The van der Waals surface area contributed by atoms with Gasteiger partial charge in [-0.25, -0.2) is 0 Å². The fourth-order valence-electron chi connectivity index (χ4n) is 0.497. The summed E-state index contributed by atoms with van der Waals surface area (Å²) >= 11 is 0. The Kier molecular flexibility index (Phi) is 10.7. The van der Waals surface area contributed by atoms with Crippen LogP contribution >= 0.6 is 0 Å². The maximum atomic E-state index is 7.50. The summed E-state index contributed by atoms with van der Waals surface area (Å²) in [5, 5.41) is 0. The Morgan fingerprint density at radius 2 is 2.09 bits per heavy atom. The van der Waals surface area contributed by atoms with Crippen molar-refractivity contribution in [2.75, 3.05) is 0 Å². The van der Waals surface area contributed by atoms with Gasteiger partial charge in [0.15, 0.2) is 0 Å². The molecule has 0 aliphatic heterocycles. The van der Waals surface area contributed by atoms with Gasteiger partial charge in [0.1, 0.15) is 0 Å². The number of hydrogen-bond donors (Lipinski definition) is 0. The van der Waals surface area contributed by atoms with E-state index in [2.05, 4.69) is 18.4 Å². The van der Waals surface area contributed by atoms with Gasteiger partial charge in [0.25, 0.3) is 6.79 Å². The molecule has 1 heterocycles. The van der Waals surface area contributed by atoms with Crippen LogP contribution in [0.3, 0.4) is 0 Å². The second kappa shape index (κ2) is 9.18. The smallest absolute Gasteiger partial charge is 0.281 e. The summed E-state index contributed by atoms with van der Waals surface area (Å²) in [6.45, 7) is 8.07. The van der Waals surface area contributed by atoms with Crippen molar-refractivity contribution in [2.24, 2.45) is 0 Å². The first-order valence-corrected chi connectivity index (χ1v) is 2.67. The van der Waals surface area contributed by atoms with E-state index in [9.17, 15) is 0 Å². The molecule has 0 amide bonds. The van der Waals surface area contributed by atoms with Crippen LogP contribution in [0.1, 0.15) is 5.69 Å². The minimum Gasteiger partial charge on any atom is -0.281 e. The summed E-state index contributed by atoms with van der Waals surface area (Å²) in [6, 6.07) is 5.73. The molecular formula is C8H7NORh. The zero-order chi connectivity index (χ0) is 7.82. The molecule has 3 radical (unpaired) electrons. The van der Waals surface area contributed by atoms with Crippen molar-refractivity contribution in [3.63, 3.8) is 0 Å². The quantitative estimate of drug-likeness (QED) is 0.688. The third-order valence-corrected chi connectivity index (χ3v) is 0.897. The third kappa shape index (κ3) is 5.62. The molecule has 1 aromatic heterocycles. The van der Waals surface area contributed by atoms with Crippen molar-refractivity contribution >= 4 is 12.9 Å². The van der Waals surface area contributed by atoms with Crippen molar-refractivity contribution < 1.29 is 24.3 Å². The molecule has 0 aromatic carbocycles. The molecule has 1 aromatic rings. The van der Waals surface area contributed by atoms with E-state index >= 15 is 0 Å². The molecule has 2 nitrogen and oxygen atoms in total. The monoisotopic (exact) mass is 236 g/mol. The molecule has 59 valence electrons. The first-order chi connectivity index (χ1) is 4.93. The van der Waals surface area contributed by atoms with Crippen molar-refractivity contribution in [3.8, 4) is 0 Å². The van der Waals surface area contributed by atoms with Gasteiger partial charge in [-0.3, -0.25) is 9.78 Å². The molecule has 0 fully saturated rings. The minimum absolute atomic E-state index is 0. The van der Waals surface area contributed by atoms with Gasteiger partial charge in [-0.05, 0) is 18.2 Å². The Labute approximate surface area is 79.1 Å². The van der Waals surface area contributed by atoms with Crippen LogP contribution in [-0.4, -0.2) is 11.8 Å². The van der Waals surface area contributed by atoms with E-state index in [0.717, 1.165) is 5.69 Å². The molecular weight excluding hydrogens is 229 g/mol. The van der Waals surface area contributed by atoms with E-state index < -0.39 is 0 Å². The van der Waals surface area contributed by atoms with Crippen LogP contribution in [0.2, 0.25) is 0 Å². The van der Waals surface area contributed by atoms with E-state index in [4.69, 9.17) is 4.79 Å². The fraction of sp³-hybridized carbons (Fsp3) is 0. The first-order valence-electron chi connectivity index (χ1n) is 2.67. The Hall–Kier alpha value is -0.817. The van der Waals surface area contributed by atoms with E-state index in [1.807, 2.05) is 18.2 Å². The molecule has 0 spiro atoms. The van der Waals surface area contributed by atoms with E-state index in [1.165, 1.54) is 0 Å². The van der Waals surface area contributed by atoms with Crippen LogP contribution in [0.4, 0.5) is 0 Å². The van der Waals surface area contributed by atoms with Crippen molar-refractivity contribution in [1.29, 1.82) is 0 Å². The predicted molar refractivity (Wildman–Crippen MR) is 40.0 cm³/mol. The SMILES string of the molecule is C=Cc1ccccn1.[C]=O.[Rh]. The number of carbonyl (C=O) groups excluding carboxylic acids is 1. The maximum Gasteiger partial charge on any atom is 0.281 e. The van der Waals surface area contributed by atoms with Crippen LogP contribution in [0, 0.1) is 0 Å². The van der Waals surface area contributed by atoms with E-state index in [1.54, 1.807) is 12.3 Å². The molecule has 0 aliphatic carbocycles. The number of hydrogen-bond acceptors (Lipinski definition) is 2. The van der Waals surface area contributed by atoms with Gasteiger partial charge < -0.3 is 0 Å². The molecule has 0 aliphatic rings. The maximum absolute atomic E-state index is 7.50. The van der Waals surface area contributed by atoms with Gasteiger partial charge in [0.2, 0.25) is 0 Å². The molecule has 0 atom stereocenters. The molecule has 0 bridgehead atoms. The Morgan fingerprint density at radius 3 is 2.36 bits per heavy atom. The normalized spacial score (nSPS) is 6.55. The predicted octanol–water partition coefficient (Wildman–Crippen LogP) is 1.32. The molecule has 3 heteroatoms. The number of nitrogens with zero attached hydrogens (tertiary/aromatic N) is 1. The van der Waals surface area contributed by atoms with Crippen molar-refractivity contribution in [1.82, 2.24) is 4.98 Å². The average molecular weight is 236 g/mol. The minimum atomic E-state index is 0. The second-order valence-electron chi connectivity index (χ2n) is 1.46. The molecule has 0 unspecified atom stereocenters. The van der Waals surface area contributed by atoms with Gasteiger partial charge in [0.05, 0.1) is 5.69 Å². The number of rotatable bonds is 1. The van der Waals surface area contributed by atoms with Crippen LogP contribution in [0.25, 0.3) is 6.08 Å². The summed E-state index contributed by atoms with van der Waals surface area (Å²) in [6.07, 6.45) is 3.47. The van der Waals surface area contributed by atoms with Crippen molar-refractivity contribution in [2.45, 2.75) is 0 Å². The molecule has 1 rings (SSSR count). The summed E-state index contributed by atoms with van der Waals surface area (Å²) < 4.78 is 0. The zero-order valence-corrected chi connectivity index (χ0v) is 7.42. The summed E-state index contributed by atoms with van der Waals surface area (Å²) in [5.74, 6) is 0. The first kappa shape index (κ1) is 12.8. The number of pyridine rings is 1. The molecule has 0 N–H and O–H groups in total. The fourth-order valence-corrected chi connectivity index (χ4v) is 0.497. The summed E-state index contributed by atoms with van der Waals surface area (Å²) in [5.41, 5.74) is 0.924. The van der Waals surface area contributed by atoms with E-state index in [-0.39, 0.29) is 19.5 Å². The van der Waals surface area contributed by atoms with E-state index in [0.29, 0.717) is 0 Å². The van der Waals surface area contributed by atoms with Gasteiger partial charge >= 0.3 is 0 Å². The van der Waals surface area contributed by atoms with Crippen LogP contribution in [-0.2, 0) is 24.3 Å². The standard InChI is InChI=1S/C7H7N.CO.Rh/c1-2-7-5-3-4-6-8-7;1-2;/h2-6H,1H2;;. The number of aromatic nitrogens is 1. The van der Waals surface area contributed by atoms with Gasteiger partial charge in [-0.1, -0.05) is 12.6 Å². The third-order valence-electron chi connectivity index (χ3n) is 0.897. The largest absolute Gasteiger partial charge is 0.281 e. The van der Waals surface area contributed by atoms with Gasteiger partial charge in [0, 0.05) is 25.7 Å². The summed E-state index contributed by atoms with van der Waals surface area (Å²) in [7, 11) is 0. The molecule has 0 saturated carbocycles. The van der Waals surface area contributed by atoms with Gasteiger partial charge in [-0.15, -0.1) is 0 Å². The zero-order valence-electron chi connectivity index (χ0n) is 5.78. The molecule has 11 heavy (non-hydrogen) atoms. The van der Waals surface area contributed by atoms with Gasteiger partial charge in [-0.2, -0.15) is 0 Å². The average Bonchev–Trinajstić information content (AvgIpc) is 2.10. The van der Waals surface area contributed by atoms with Crippen LogP contribution in [0.5, 0.6) is 0 Å². The topological polar surface area (TPSA) is 30.0 Å². The second-order valence-corrected chi connectivity index (χ2v) is 1.46. The van der Waals surface area contributed by atoms with Crippen molar-refractivity contribution in [3.05, 3.63) is 36.7 Å². The Balaban J connectivity index is 0. The Morgan fingerprint density at radius 1 is 1.45 bits per heavy atom.